The zero-order valence-corrected chi connectivity index (χ0v) is 14.3. The van der Waals surface area contributed by atoms with E-state index in [2.05, 4.69) is 4.99 Å². The van der Waals surface area contributed by atoms with Gasteiger partial charge in [-0.2, -0.15) is 13.2 Å². The Bertz CT molecular complexity index is 1010. The number of carbonyl (C=O) groups is 1. The van der Waals surface area contributed by atoms with Gasteiger partial charge in [-0.3, -0.25) is 9.79 Å². The van der Waals surface area contributed by atoms with Gasteiger partial charge in [0.1, 0.15) is 11.5 Å². The molecule has 2 aromatic rings. The topological polar surface area (TPSA) is 83.7 Å². The van der Waals surface area contributed by atoms with Gasteiger partial charge in [-0.25, -0.2) is 0 Å². The maximum Gasteiger partial charge on any atom is 0.433 e. The molecule has 3 rings (SSSR count). The number of aliphatic carboxylic acids is 1. The molecule has 0 saturated heterocycles. The Morgan fingerprint density at radius 2 is 1.96 bits per heavy atom. The van der Waals surface area contributed by atoms with Crippen LogP contribution in [0.15, 0.2) is 40.2 Å². The molecule has 0 bridgehead atoms. The third kappa shape index (κ3) is 3.44. The zero-order chi connectivity index (χ0) is 19.9. The second kappa shape index (κ2) is 6.57. The summed E-state index contributed by atoms with van der Waals surface area (Å²) in [5.74, 6) is -1.38. The molecule has 27 heavy (non-hydrogen) atoms. The number of alkyl halides is 3. The predicted molar refractivity (Wildman–Crippen MR) is 88.6 cm³/mol. The summed E-state index contributed by atoms with van der Waals surface area (Å²) in [6.07, 6.45) is -4.25. The maximum atomic E-state index is 13.7. The number of hydrogen-bond acceptors (Lipinski definition) is 5. The zero-order valence-electron chi connectivity index (χ0n) is 14.3. The van der Waals surface area contributed by atoms with Crippen molar-refractivity contribution < 1.29 is 27.8 Å². The number of carboxylic acids is 1. The fourth-order valence-electron chi connectivity index (χ4n) is 3.06. The van der Waals surface area contributed by atoms with Gasteiger partial charge in [-0.1, -0.05) is 0 Å². The van der Waals surface area contributed by atoms with Crippen LogP contribution in [-0.4, -0.2) is 29.5 Å². The van der Waals surface area contributed by atoms with Crippen molar-refractivity contribution in [3.63, 3.8) is 0 Å². The summed E-state index contributed by atoms with van der Waals surface area (Å²) in [5.41, 5.74) is -1.38. The van der Waals surface area contributed by atoms with Crippen molar-refractivity contribution in [3.05, 3.63) is 51.9 Å². The Morgan fingerprint density at radius 3 is 2.56 bits per heavy atom. The van der Waals surface area contributed by atoms with E-state index < -0.39 is 35.9 Å². The van der Waals surface area contributed by atoms with E-state index in [-0.39, 0.29) is 22.4 Å². The molecule has 1 aliphatic heterocycles. The lowest BCUT2D eigenvalue weighted by molar-refractivity contribution is -0.306. The molecule has 0 N–H and O–H groups in total. The highest BCUT2D eigenvalue weighted by Gasteiger charge is 2.41. The Kier molecular flexibility index (Phi) is 4.54. The number of rotatable bonds is 3. The minimum atomic E-state index is -4.84. The van der Waals surface area contributed by atoms with Gasteiger partial charge >= 0.3 is 6.18 Å². The van der Waals surface area contributed by atoms with Crippen molar-refractivity contribution >= 4 is 11.7 Å². The van der Waals surface area contributed by atoms with E-state index in [0.29, 0.717) is 5.56 Å². The predicted octanol–water partition coefficient (Wildman–Crippen LogP) is 1.61. The molecule has 0 saturated carbocycles. The van der Waals surface area contributed by atoms with Crippen LogP contribution in [-0.2, 0) is 11.8 Å². The van der Waals surface area contributed by atoms with Gasteiger partial charge in [0, 0.05) is 42.8 Å². The van der Waals surface area contributed by atoms with E-state index in [0.717, 1.165) is 6.07 Å². The van der Waals surface area contributed by atoms with Crippen LogP contribution in [0.5, 0.6) is 5.75 Å². The van der Waals surface area contributed by atoms with Gasteiger partial charge < -0.3 is 19.2 Å². The number of fused-ring (bicyclic) bond motifs is 3. The van der Waals surface area contributed by atoms with Crippen molar-refractivity contribution in [1.29, 1.82) is 0 Å². The summed E-state index contributed by atoms with van der Waals surface area (Å²) in [4.78, 5) is 26.8. The fraction of sp³-hybridized carbons (Fsp3) is 0.278. The smallest absolute Gasteiger partial charge is 0.433 e. The summed E-state index contributed by atoms with van der Waals surface area (Å²) in [7, 11) is 2.77. The molecule has 0 fully saturated rings. The summed E-state index contributed by atoms with van der Waals surface area (Å²) >= 11 is 0. The van der Waals surface area contributed by atoms with Crippen molar-refractivity contribution in [2.75, 3.05) is 7.11 Å². The summed E-state index contributed by atoms with van der Waals surface area (Å²) in [6, 6.07) is 3.81. The fourth-order valence-corrected chi connectivity index (χ4v) is 3.06. The highest BCUT2D eigenvalue weighted by Crippen LogP contribution is 2.41. The quantitative estimate of drug-likeness (QED) is 0.811. The molecule has 1 atom stereocenters. The average molecular weight is 379 g/mol. The number of hydrogen-bond donors (Lipinski definition) is 0. The van der Waals surface area contributed by atoms with E-state index in [4.69, 9.17) is 4.74 Å². The molecular formula is C18H14F3N2O4-. The lowest BCUT2D eigenvalue weighted by Gasteiger charge is -2.17. The number of methoxy groups -OCH3 is 1. The van der Waals surface area contributed by atoms with Crippen LogP contribution in [0.25, 0.3) is 11.1 Å². The Labute approximate surface area is 151 Å². The largest absolute Gasteiger partial charge is 0.550 e. The first kappa shape index (κ1) is 18.7. The van der Waals surface area contributed by atoms with Crippen molar-refractivity contribution in [2.45, 2.75) is 18.6 Å². The average Bonchev–Trinajstić information content (AvgIpc) is 2.70. The number of pyridine rings is 1. The molecule has 1 aromatic heterocycles. The monoisotopic (exact) mass is 379 g/mol. The minimum Gasteiger partial charge on any atom is -0.550 e. The number of benzene rings is 1. The number of aromatic nitrogens is 1. The third-order valence-electron chi connectivity index (χ3n) is 4.30. The normalized spacial score (nSPS) is 16.0. The van der Waals surface area contributed by atoms with Crippen molar-refractivity contribution in [2.24, 2.45) is 12.0 Å². The number of aryl methyl sites for hydroxylation is 1. The van der Waals surface area contributed by atoms with E-state index >= 15 is 0 Å². The molecule has 1 aromatic carbocycles. The van der Waals surface area contributed by atoms with Crippen LogP contribution in [0.4, 0.5) is 13.2 Å². The Morgan fingerprint density at radius 1 is 1.26 bits per heavy atom. The molecule has 1 unspecified atom stereocenters. The van der Waals surface area contributed by atoms with Crippen LogP contribution in [0.3, 0.4) is 0 Å². The van der Waals surface area contributed by atoms with Gasteiger partial charge in [0.15, 0.2) is 0 Å². The molecule has 6 nitrogen and oxygen atoms in total. The van der Waals surface area contributed by atoms with Gasteiger partial charge in [0.2, 0.25) is 0 Å². The number of aliphatic imine (C=N–C) groups is 1. The number of ether oxygens (including phenoxy) is 1. The van der Waals surface area contributed by atoms with E-state index in [9.17, 15) is 27.9 Å². The van der Waals surface area contributed by atoms with Crippen LogP contribution in [0, 0.1) is 0 Å². The summed E-state index contributed by atoms with van der Waals surface area (Å²) in [6.45, 7) is 0. The first-order valence-corrected chi connectivity index (χ1v) is 7.86. The van der Waals surface area contributed by atoms with Crippen molar-refractivity contribution in [1.82, 2.24) is 4.57 Å². The number of carbonyl (C=O) groups excluding carboxylic acids is 1. The highest BCUT2D eigenvalue weighted by atomic mass is 19.4. The first-order chi connectivity index (χ1) is 12.6. The molecule has 0 aliphatic carbocycles. The molecule has 9 heteroatoms. The summed E-state index contributed by atoms with van der Waals surface area (Å²) in [5, 5.41) is 11.1. The molecule has 142 valence electrons. The standard InChI is InChI=1S/C18H15F3N2O4/c1-23-8-13-10-4-3-9(27-2)5-12(10)17(18(19,20)21)22-14(7-16(25)26)11(13)6-15(23)24/h3-6,8,14H,7H2,1-2H3,(H,25,26)/p-1. The number of halogens is 3. The Balaban J connectivity index is 2.41. The SMILES string of the molecule is COc1ccc2c(c1)C(C(F)(F)F)=NC(CC(=O)[O-])c1cc(=O)n(C)cc1-2. The van der Waals surface area contributed by atoms with E-state index in [1.807, 2.05) is 0 Å². The van der Waals surface area contributed by atoms with Crippen LogP contribution < -0.4 is 15.4 Å². The van der Waals surface area contributed by atoms with E-state index in [1.165, 1.54) is 43.1 Å². The second-order valence-electron chi connectivity index (χ2n) is 6.07. The van der Waals surface area contributed by atoms with Crippen LogP contribution in [0.1, 0.15) is 23.6 Å². The van der Waals surface area contributed by atoms with Crippen LogP contribution >= 0.6 is 0 Å². The molecule has 0 radical (unpaired) electrons. The first-order valence-electron chi connectivity index (χ1n) is 7.86. The third-order valence-corrected chi connectivity index (χ3v) is 4.30. The molecular weight excluding hydrogens is 365 g/mol. The van der Waals surface area contributed by atoms with Crippen LogP contribution in [0.2, 0.25) is 0 Å². The molecule has 2 heterocycles. The molecule has 0 amide bonds. The molecule has 1 aliphatic rings. The van der Waals surface area contributed by atoms with Gasteiger partial charge in [-0.05, 0) is 29.3 Å². The lowest BCUT2D eigenvalue weighted by Crippen LogP contribution is -2.27. The number of nitrogens with zero attached hydrogens (tertiary/aromatic N) is 2. The van der Waals surface area contributed by atoms with Gasteiger partial charge in [0.05, 0.1) is 13.2 Å². The summed E-state index contributed by atoms with van der Waals surface area (Å²) < 4.78 is 47.4. The second-order valence-corrected chi connectivity index (χ2v) is 6.07. The molecule has 0 spiro atoms. The van der Waals surface area contributed by atoms with E-state index in [1.54, 1.807) is 0 Å². The highest BCUT2D eigenvalue weighted by molar-refractivity contribution is 6.10. The van der Waals surface area contributed by atoms with Crippen molar-refractivity contribution in [3.8, 4) is 16.9 Å². The maximum absolute atomic E-state index is 13.7. The van der Waals surface area contributed by atoms with Gasteiger partial charge in [0.25, 0.3) is 5.56 Å². The lowest BCUT2D eigenvalue weighted by atomic mass is 9.93. The van der Waals surface area contributed by atoms with Gasteiger partial charge in [-0.15, -0.1) is 0 Å². The Hall–Kier alpha value is -3.10. The number of carboxylic acid groups (broad SMARTS) is 1. The minimum absolute atomic E-state index is 0.105.